The number of rotatable bonds is 4. The Morgan fingerprint density at radius 2 is 2.31 bits per heavy atom. The lowest BCUT2D eigenvalue weighted by molar-refractivity contribution is 0.0682. The molecule has 0 saturated carbocycles. The van der Waals surface area contributed by atoms with Crippen molar-refractivity contribution in [3.8, 4) is 0 Å². The number of ether oxygens (including phenoxy) is 1. The van der Waals surface area contributed by atoms with Crippen LogP contribution in [0.5, 0.6) is 0 Å². The van der Waals surface area contributed by atoms with Crippen molar-refractivity contribution in [2.75, 3.05) is 53.4 Å². The molecule has 0 bridgehead atoms. The lowest BCUT2D eigenvalue weighted by Crippen LogP contribution is -2.54. The van der Waals surface area contributed by atoms with Crippen LogP contribution >= 0.6 is 0 Å². The maximum Gasteiger partial charge on any atom is 0.0702 e. The average Bonchev–Trinajstić information content (AvgIpc) is 2.74. The molecule has 2 heterocycles. The van der Waals surface area contributed by atoms with Gasteiger partial charge in [-0.15, -0.1) is 0 Å². The molecule has 2 aliphatic heterocycles. The first-order chi connectivity index (χ1) is 7.75. The average molecular weight is 227 g/mol. The van der Waals surface area contributed by atoms with Crippen LogP contribution in [0.4, 0.5) is 0 Å². The Hall–Kier alpha value is -0.160. The maximum atomic E-state index is 5.67. The summed E-state index contributed by atoms with van der Waals surface area (Å²) in [6.45, 7) is 6.60. The summed E-state index contributed by atoms with van der Waals surface area (Å²) in [6.07, 6.45) is 2.96. The molecule has 2 saturated heterocycles. The van der Waals surface area contributed by atoms with E-state index in [-0.39, 0.29) is 0 Å². The van der Waals surface area contributed by atoms with E-state index in [0.29, 0.717) is 12.1 Å². The van der Waals surface area contributed by atoms with Crippen molar-refractivity contribution in [1.29, 1.82) is 0 Å². The topological polar surface area (TPSA) is 27.7 Å². The molecule has 0 radical (unpaired) electrons. The Bertz CT molecular complexity index is 206. The number of hydrogen-bond acceptors (Lipinski definition) is 4. The van der Waals surface area contributed by atoms with Crippen LogP contribution in [0.3, 0.4) is 0 Å². The first-order valence-electron chi connectivity index (χ1n) is 6.47. The van der Waals surface area contributed by atoms with Gasteiger partial charge in [-0.25, -0.2) is 0 Å². The standard InChI is InChI=1S/C12H25N3O/c1-14(10-12-4-3-7-16-12)9-11-8-13-5-6-15(11)2/h11-13H,3-10H2,1-2H3. The van der Waals surface area contributed by atoms with Crippen molar-refractivity contribution in [2.45, 2.75) is 25.0 Å². The van der Waals surface area contributed by atoms with Crippen molar-refractivity contribution < 1.29 is 4.74 Å². The maximum absolute atomic E-state index is 5.67. The fraction of sp³-hybridized carbons (Fsp3) is 1.00. The van der Waals surface area contributed by atoms with Crippen LogP contribution in [0.25, 0.3) is 0 Å². The van der Waals surface area contributed by atoms with Crippen LogP contribution in [0.1, 0.15) is 12.8 Å². The van der Waals surface area contributed by atoms with Crippen molar-refractivity contribution in [1.82, 2.24) is 15.1 Å². The molecule has 94 valence electrons. The van der Waals surface area contributed by atoms with Gasteiger partial charge in [0, 0.05) is 45.4 Å². The van der Waals surface area contributed by atoms with E-state index in [9.17, 15) is 0 Å². The summed E-state index contributed by atoms with van der Waals surface area (Å²) in [5.41, 5.74) is 0. The predicted octanol–water partition coefficient (Wildman–Crippen LogP) is 0.000800. The van der Waals surface area contributed by atoms with Crippen LogP contribution in [0.2, 0.25) is 0 Å². The second-order valence-corrected chi connectivity index (χ2v) is 5.19. The third-order valence-electron chi connectivity index (χ3n) is 3.71. The summed E-state index contributed by atoms with van der Waals surface area (Å²) in [5.74, 6) is 0. The zero-order valence-electron chi connectivity index (χ0n) is 10.6. The van der Waals surface area contributed by atoms with Crippen molar-refractivity contribution in [3.05, 3.63) is 0 Å². The quantitative estimate of drug-likeness (QED) is 0.732. The third-order valence-corrected chi connectivity index (χ3v) is 3.71. The summed E-state index contributed by atoms with van der Waals surface area (Å²) in [6, 6.07) is 0.653. The van der Waals surface area contributed by atoms with E-state index < -0.39 is 0 Å². The van der Waals surface area contributed by atoms with Gasteiger partial charge in [0.25, 0.3) is 0 Å². The summed E-state index contributed by atoms with van der Waals surface area (Å²) in [7, 11) is 4.44. The molecule has 2 atom stereocenters. The van der Waals surface area contributed by atoms with Gasteiger partial charge in [0.2, 0.25) is 0 Å². The number of hydrogen-bond donors (Lipinski definition) is 1. The van der Waals surface area contributed by atoms with Crippen LogP contribution < -0.4 is 5.32 Å². The third kappa shape index (κ3) is 3.42. The summed E-state index contributed by atoms with van der Waals surface area (Å²) in [4.78, 5) is 4.88. The summed E-state index contributed by atoms with van der Waals surface area (Å²) in [5, 5.41) is 3.46. The van der Waals surface area contributed by atoms with Crippen molar-refractivity contribution in [3.63, 3.8) is 0 Å². The first-order valence-corrected chi connectivity index (χ1v) is 6.47. The summed E-state index contributed by atoms with van der Waals surface area (Å²) >= 11 is 0. The molecule has 0 aliphatic carbocycles. The molecular weight excluding hydrogens is 202 g/mol. The number of nitrogens with one attached hydrogen (secondary N) is 1. The minimum Gasteiger partial charge on any atom is -0.377 e. The Balaban J connectivity index is 1.70. The zero-order chi connectivity index (χ0) is 11.4. The minimum absolute atomic E-state index is 0.479. The molecule has 2 fully saturated rings. The zero-order valence-corrected chi connectivity index (χ0v) is 10.6. The molecule has 2 unspecified atom stereocenters. The highest BCUT2D eigenvalue weighted by molar-refractivity contribution is 4.80. The molecular formula is C12H25N3O. The van der Waals surface area contributed by atoms with Gasteiger partial charge in [0.15, 0.2) is 0 Å². The highest BCUT2D eigenvalue weighted by atomic mass is 16.5. The van der Waals surface area contributed by atoms with Crippen molar-refractivity contribution >= 4 is 0 Å². The van der Waals surface area contributed by atoms with Gasteiger partial charge in [-0.1, -0.05) is 0 Å². The van der Waals surface area contributed by atoms with Gasteiger partial charge in [-0.3, -0.25) is 4.90 Å². The molecule has 4 nitrogen and oxygen atoms in total. The minimum atomic E-state index is 0.479. The first kappa shape index (κ1) is 12.3. The molecule has 0 aromatic carbocycles. The Morgan fingerprint density at radius 1 is 1.44 bits per heavy atom. The van der Waals surface area contributed by atoms with E-state index in [1.54, 1.807) is 0 Å². The molecule has 0 amide bonds. The van der Waals surface area contributed by atoms with Crippen LogP contribution in [-0.4, -0.2) is 75.4 Å². The lowest BCUT2D eigenvalue weighted by Gasteiger charge is -2.36. The molecule has 0 spiro atoms. The van der Waals surface area contributed by atoms with Gasteiger partial charge >= 0.3 is 0 Å². The van der Waals surface area contributed by atoms with Crippen LogP contribution in [-0.2, 0) is 4.74 Å². The molecule has 1 N–H and O–H groups in total. The SMILES string of the molecule is CN(CC1CCCO1)CC1CNCCN1C. The van der Waals surface area contributed by atoms with E-state index in [1.807, 2.05) is 0 Å². The normalized spacial score (nSPS) is 32.4. The van der Waals surface area contributed by atoms with Crippen LogP contribution in [0.15, 0.2) is 0 Å². The number of piperazine rings is 1. The second kappa shape index (κ2) is 5.96. The predicted molar refractivity (Wildman–Crippen MR) is 65.8 cm³/mol. The Labute approximate surface area is 98.9 Å². The number of likely N-dealkylation sites (N-methyl/N-ethyl adjacent to an activating group) is 2. The lowest BCUT2D eigenvalue weighted by atomic mass is 10.1. The molecule has 16 heavy (non-hydrogen) atoms. The van der Waals surface area contributed by atoms with E-state index in [4.69, 9.17) is 4.74 Å². The summed E-state index contributed by atoms with van der Waals surface area (Å²) < 4.78 is 5.67. The van der Waals surface area contributed by atoms with E-state index >= 15 is 0 Å². The molecule has 2 aliphatic rings. The highest BCUT2D eigenvalue weighted by Crippen LogP contribution is 2.13. The smallest absolute Gasteiger partial charge is 0.0702 e. The second-order valence-electron chi connectivity index (χ2n) is 5.19. The fourth-order valence-electron chi connectivity index (χ4n) is 2.64. The fourth-order valence-corrected chi connectivity index (χ4v) is 2.64. The van der Waals surface area contributed by atoms with E-state index in [1.165, 1.54) is 19.4 Å². The van der Waals surface area contributed by atoms with Gasteiger partial charge in [-0.2, -0.15) is 0 Å². The van der Waals surface area contributed by atoms with Gasteiger partial charge in [0.1, 0.15) is 0 Å². The monoisotopic (exact) mass is 227 g/mol. The van der Waals surface area contributed by atoms with E-state index in [0.717, 1.165) is 32.8 Å². The molecule has 0 aromatic rings. The molecule has 4 heteroatoms. The highest BCUT2D eigenvalue weighted by Gasteiger charge is 2.22. The van der Waals surface area contributed by atoms with E-state index in [2.05, 4.69) is 29.2 Å². The van der Waals surface area contributed by atoms with Gasteiger partial charge < -0.3 is 15.0 Å². The Kier molecular flexibility index (Phi) is 4.58. The Morgan fingerprint density at radius 3 is 3.00 bits per heavy atom. The number of nitrogens with zero attached hydrogens (tertiary/aromatic N) is 2. The van der Waals surface area contributed by atoms with Crippen molar-refractivity contribution in [2.24, 2.45) is 0 Å². The van der Waals surface area contributed by atoms with Gasteiger partial charge in [0.05, 0.1) is 6.10 Å². The molecule has 0 aromatic heterocycles. The van der Waals surface area contributed by atoms with Crippen LogP contribution in [0, 0.1) is 0 Å². The van der Waals surface area contributed by atoms with Gasteiger partial charge in [-0.05, 0) is 26.9 Å². The molecule has 2 rings (SSSR count). The largest absolute Gasteiger partial charge is 0.377 e.